The summed E-state index contributed by atoms with van der Waals surface area (Å²) in [4.78, 5) is 46.0. The maximum atomic E-state index is 14.9. The third kappa shape index (κ3) is 3.80. The Bertz CT molecular complexity index is 1870. The second-order valence-electron chi connectivity index (χ2n) is 9.40. The first-order chi connectivity index (χ1) is 19.6. The van der Waals surface area contributed by atoms with E-state index in [0.717, 1.165) is 28.9 Å². The fourth-order valence-corrected chi connectivity index (χ4v) is 5.19. The van der Waals surface area contributed by atoms with Crippen LogP contribution in [0.4, 0.5) is 10.3 Å². The van der Waals surface area contributed by atoms with Gasteiger partial charge in [0.05, 0.1) is 33.7 Å². The topological polar surface area (TPSA) is 118 Å². The van der Waals surface area contributed by atoms with Crippen molar-refractivity contribution in [3.05, 3.63) is 91.0 Å². The lowest BCUT2D eigenvalue weighted by molar-refractivity contribution is -0.126. The number of Topliss-reactive ketones (excluding diaryl/α,β-unsaturated/α-hetero) is 1. The molecular formula is C28H22FN9O2. The van der Waals surface area contributed by atoms with Crippen molar-refractivity contribution < 1.29 is 14.0 Å². The highest BCUT2D eigenvalue weighted by Crippen LogP contribution is 2.29. The fraction of sp³-hybridized carbons (Fsp3) is 0.143. The first-order valence-electron chi connectivity index (χ1n) is 12.7. The van der Waals surface area contributed by atoms with Crippen LogP contribution in [0.2, 0.25) is 0 Å². The molecule has 0 bridgehead atoms. The van der Waals surface area contributed by atoms with Gasteiger partial charge in [-0.25, -0.2) is 24.0 Å². The molecule has 5 heterocycles. The Labute approximate surface area is 226 Å². The van der Waals surface area contributed by atoms with E-state index in [1.807, 2.05) is 54.6 Å². The van der Waals surface area contributed by atoms with Crippen LogP contribution in [0.25, 0.3) is 33.4 Å². The number of halogens is 1. The van der Waals surface area contributed by atoms with Crippen LogP contribution in [0.3, 0.4) is 0 Å². The van der Waals surface area contributed by atoms with Gasteiger partial charge in [0.2, 0.25) is 5.95 Å². The van der Waals surface area contributed by atoms with E-state index in [1.165, 1.54) is 28.4 Å². The van der Waals surface area contributed by atoms with Gasteiger partial charge in [0.1, 0.15) is 12.7 Å². The van der Waals surface area contributed by atoms with Crippen molar-refractivity contribution in [1.82, 2.24) is 39.2 Å². The highest BCUT2D eigenvalue weighted by molar-refractivity contribution is 6.45. The largest absolute Gasteiger partial charge is 0.357 e. The third-order valence-corrected chi connectivity index (χ3v) is 7.12. The average molecular weight is 536 g/mol. The molecule has 0 saturated carbocycles. The molecule has 1 N–H and O–H groups in total. The number of nitrogens with one attached hydrogen (secondary N) is 1. The van der Waals surface area contributed by atoms with E-state index in [9.17, 15) is 14.0 Å². The molecule has 4 aromatic heterocycles. The molecule has 0 atom stereocenters. The summed E-state index contributed by atoms with van der Waals surface area (Å²) < 4.78 is 18.3. The molecule has 7 rings (SSSR count). The minimum atomic E-state index is -0.786. The summed E-state index contributed by atoms with van der Waals surface area (Å²) in [7, 11) is 0. The molecule has 1 aliphatic rings. The molecule has 0 unspecified atom stereocenters. The van der Waals surface area contributed by atoms with Crippen molar-refractivity contribution in [2.24, 2.45) is 0 Å². The molecule has 1 amide bonds. The molecule has 6 aromatic rings. The number of carbonyl (C=O) groups excluding carboxylic acids is 2. The van der Waals surface area contributed by atoms with Gasteiger partial charge in [0, 0.05) is 38.1 Å². The number of aromatic nitrogens is 7. The number of benzene rings is 2. The molecule has 0 aliphatic carbocycles. The fourth-order valence-electron chi connectivity index (χ4n) is 5.19. The Balaban J connectivity index is 1.14. The summed E-state index contributed by atoms with van der Waals surface area (Å²) in [6.07, 6.45) is 5.09. The van der Waals surface area contributed by atoms with Gasteiger partial charge < -0.3 is 14.8 Å². The number of aromatic amines is 1. The number of rotatable bonds is 5. The number of carbonyl (C=O) groups is 2. The lowest BCUT2D eigenvalue weighted by Crippen LogP contribution is -2.51. The molecule has 1 saturated heterocycles. The van der Waals surface area contributed by atoms with Crippen molar-refractivity contribution in [2.45, 2.75) is 0 Å². The third-order valence-electron chi connectivity index (χ3n) is 7.12. The normalized spacial score (nSPS) is 13.8. The standard InChI is InChI=1S/C28H22FN9O2/c29-20-15-32-26(37-17-30-16-33-37)24-23(20)19(14-31-24)25(39)27(40)35-10-12-36(13-11-35)28-34-21-8-4-5-9-22(21)38(28)18-6-2-1-3-7-18/h1-9,14-17,31H,10-13H2. The van der Waals surface area contributed by atoms with Crippen LogP contribution in [0.15, 0.2) is 79.6 Å². The first kappa shape index (κ1) is 23.7. The predicted octanol–water partition coefficient (Wildman–Crippen LogP) is 3.15. The number of para-hydroxylation sites is 3. The summed E-state index contributed by atoms with van der Waals surface area (Å²) in [6.45, 7) is 1.61. The average Bonchev–Trinajstić information content (AvgIpc) is 3.76. The summed E-state index contributed by atoms with van der Waals surface area (Å²) in [5.74, 6) is -1.13. The zero-order chi connectivity index (χ0) is 27.2. The molecule has 2 aromatic carbocycles. The van der Waals surface area contributed by atoms with Gasteiger partial charge in [-0.1, -0.05) is 30.3 Å². The van der Waals surface area contributed by atoms with Crippen LogP contribution in [-0.2, 0) is 4.79 Å². The minimum absolute atomic E-state index is 0.00550. The number of imidazole rings is 1. The Kier molecular flexibility index (Phi) is 5.58. The SMILES string of the molecule is O=C(C(=O)N1CCN(c2nc3ccccc3n2-c2ccccc2)CC1)c1c[nH]c2c(-n3cncn3)ncc(F)c12. The highest BCUT2D eigenvalue weighted by Gasteiger charge is 2.31. The monoisotopic (exact) mass is 535 g/mol. The molecule has 0 radical (unpaired) electrons. The van der Waals surface area contributed by atoms with Gasteiger partial charge in [-0.3, -0.25) is 14.2 Å². The number of pyridine rings is 1. The lowest BCUT2D eigenvalue weighted by Gasteiger charge is -2.35. The Hall–Kier alpha value is -5.39. The van der Waals surface area contributed by atoms with E-state index in [2.05, 4.69) is 29.5 Å². The van der Waals surface area contributed by atoms with E-state index >= 15 is 0 Å². The van der Waals surface area contributed by atoms with E-state index in [0.29, 0.717) is 26.2 Å². The number of nitrogens with zero attached hydrogens (tertiary/aromatic N) is 8. The molecule has 198 valence electrons. The molecule has 1 fully saturated rings. The number of amides is 1. The van der Waals surface area contributed by atoms with Gasteiger partial charge in [-0.15, -0.1) is 0 Å². The Morgan fingerprint density at radius 2 is 1.73 bits per heavy atom. The van der Waals surface area contributed by atoms with Crippen LogP contribution in [0.5, 0.6) is 0 Å². The Morgan fingerprint density at radius 3 is 2.50 bits per heavy atom. The lowest BCUT2D eigenvalue weighted by atomic mass is 10.1. The van der Waals surface area contributed by atoms with Gasteiger partial charge in [0.15, 0.2) is 11.6 Å². The van der Waals surface area contributed by atoms with E-state index in [-0.39, 0.29) is 22.3 Å². The molecule has 0 spiro atoms. The van der Waals surface area contributed by atoms with Crippen LogP contribution in [-0.4, -0.2) is 77.1 Å². The van der Waals surface area contributed by atoms with Gasteiger partial charge in [-0.2, -0.15) is 5.10 Å². The molecule has 40 heavy (non-hydrogen) atoms. The Morgan fingerprint density at radius 1 is 0.950 bits per heavy atom. The molecule has 12 heteroatoms. The van der Waals surface area contributed by atoms with Crippen LogP contribution >= 0.6 is 0 Å². The quantitative estimate of drug-likeness (QED) is 0.266. The van der Waals surface area contributed by atoms with Gasteiger partial charge >= 0.3 is 0 Å². The van der Waals surface area contributed by atoms with Gasteiger partial charge in [0.25, 0.3) is 11.7 Å². The predicted molar refractivity (Wildman–Crippen MR) is 145 cm³/mol. The van der Waals surface area contributed by atoms with Crippen molar-refractivity contribution >= 4 is 39.6 Å². The molecular weight excluding hydrogens is 513 g/mol. The molecule has 1 aliphatic heterocycles. The number of ketones is 1. The number of H-pyrrole nitrogens is 1. The zero-order valence-electron chi connectivity index (χ0n) is 21.1. The number of fused-ring (bicyclic) bond motifs is 2. The second kappa shape index (κ2) is 9.42. The number of hydrogen-bond donors (Lipinski definition) is 1. The maximum absolute atomic E-state index is 14.9. The summed E-state index contributed by atoms with van der Waals surface area (Å²) in [6, 6.07) is 17.9. The van der Waals surface area contributed by atoms with Crippen molar-refractivity contribution in [3.8, 4) is 11.5 Å². The first-order valence-corrected chi connectivity index (χ1v) is 12.7. The van der Waals surface area contributed by atoms with Crippen LogP contribution in [0.1, 0.15) is 10.4 Å². The zero-order valence-corrected chi connectivity index (χ0v) is 21.1. The summed E-state index contributed by atoms with van der Waals surface area (Å²) in [5.41, 5.74) is 3.05. The van der Waals surface area contributed by atoms with E-state index in [4.69, 9.17) is 4.98 Å². The second-order valence-corrected chi connectivity index (χ2v) is 9.40. The minimum Gasteiger partial charge on any atom is -0.357 e. The van der Waals surface area contributed by atoms with Crippen molar-refractivity contribution in [3.63, 3.8) is 0 Å². The van der Waals surface area contributed by atoms with E-state index in [1.54, 1.807) is 0 Å². The van der Waals surface area contributed by atoms with E-state index < -0.39 is 17.5 Å². The van der Waals surface area contributed by atoms with Crippen molar-refractivity contribution in [2.75, 3.05) is 31.1 Å². The van der Waals surface area contributed by atoms with Crippen LogP contribution in [0, 0.1) is 5.82 Å². The van der Waals surface area contributed by atoms with Crippen LogP contribution < -0.4 is 4.90 Å². The van der Waals surface area contributed by atoms with Gasteiger partial charge in [-0.05, 0) is 24.3 Å². The smallest absolute Gasteiger partial charge is 0.295 e. The summed E-state index contributed by atoms with van der Waals surface area (Å²) in [5, 5.41) is 4.02. The number of hydrogen-bond acceptors (Lipinski definition) is 7. The number of piperazine rings is 1. The number of anilines is 1. The summed E-state index contributed by atoms with van der Waals surface area (Å²) >= 11 is 0. The maximum Gasteiger partial charge on any atom is 0.295 e. The van der Waals surface area contributed by atoms with Crippen molar-refractivity contribution in [1.29, 1.82) is 0 Å². The molecule has 11 nitrogen and oxygen atoms in total. The highest BCUT2D eigenvalue weighted by atomic mass is 19.1.